The Morgan fingerprint density at radius 2 is 1.86 bits per heavy atom. The quantitative estimate of drug-likeness (QED) is 0.760. The SMILES string of the molecule is Cc1ccccc1CC1(N)CCCC1. The third-order valence-corrected chi connectivity index (χ3v) is 3.40. The molecule has 0 unspecified atom stereocenters. The van der Waals surface area contributed by atoms with Gasteiger partial charge in [0.25, 0.3) is 0 Å². The molecule has 0 spiro atoms. The van der Waals surface area contributed by atoms with E-state index in [-0.39, 0.29) is 5.54 Å². The molecule has 0 aliphatic heterocycles. The van der Waals surface area contributed by atoms with Crippen LogP contribution in [0.25, 0.3) is 0 Å². The Kier molecular flexibility index (Phi) is 2.60. The van der Waals surface area contributed by atoms with E-state index < -0.39 is 0 Å². The highest BCUT2D eigenvalue weighted by Crippen LogP contribution is 2.30. The Balaban J connectivity index is 2.14. The van der Waals surface area contributed by atoms with Crippen molar-refractivity contribution in [3.05, 3.63) is 35.4 Å². The molecule has 0 saturated heterocycles. The lowest BCUT2D eigenvalue weighted by molar-refractivity contribution is 0.435. The first-order valence-electron chi connectivity index (χ1n) is 5.53. The van der Waals surface area contributed by atoms with Gasteiger partial charge in [-0.1, -0.05) is 37.1 Å². The number of rotatable bonds is 2. The van der Waals surface area contributed by atoms with Crippen molar-refractivity contribution in [3.8, 4) is 0 Å². The molecule has 0 radical (unpaired) electrons. The average Bonchev–Trinajstić information content (AvgIpc) is 2.57. The zero-order valence-corrected chi connectivity index (χ0v) is 8.92. The van der Waals surface area contributed by atoms with Crippen LogP contribution in [0, 0.1) is 6.92 Å². The van der Waals surface area contributed by atoms with Gasteiger partial charge in [-0.3, -0.25) is 0 Å². The number of aryl methyl sites for hydroxylation is 1. The molecule has 0 aromatic heterocycles. The molecule has 1 aromatic rings. The fraction of sp³-hybridized carbons (Fsp3) is 0.538. The van der Waals surface area contributed by atoms with Crippen LogP contribution in [0.2, 0.25) is 0 Å². The predicted molar refractivity (Wildman–Crippen MR) is 60.3 cm³/mol. The van der Waals surface area contributed by atoms with Crippen molar-refractivity contribution in [2.45, 2.75) is 44.6 Å². The van der Waals surface area contributed by atoms with Gasteiger partial charge in [0.05, 0.1) is 0 Å². The summed E-state index contributed by atoms with van der Waals surface area (Å²) >= 11 is 0. The van der Waals surface area contributed by atoms with Gasteiger partial charge >= 0.3 is 0 Å². The lowest BCUT2D eigenvalue weighted by Crippen LogP contribution is -2.38. The van der Waals surface area contributed by atoms with Crippen molar-refractivity contribution in [3.63, 3.8) is 0 Å². The van der Waals surface area contributed by atoms with E-state index in [9.17, 15) is 0 Å². The standard InChI is InChI=1S/C13H19N/c1-11-6-2-3-7-12(11)10-13(14)8-4-5-9-13/h2-3,6-7H,4-5,8-10,14H2,1H3. The molecular weight excluding hydrogens is 170 g/mol. The Morgan fingerprint density at radius 3 is 2.50 bits per heavy atom. The van der Waals surface area contributed by atoms with Gasteiger partial charge in [-0.25, -0.2) is 0 Å². The van der Waals surface area contributed by atoms with Crippen molar-refractivity contribution >= 4 is 0 Å². The van der Waals surface area contributed by atoms with Crippen LogP contribution < -0.4 is 5.73 Å². The van der Waals surface area contributed by atoms with Crippen LogP contribution in [0.3, 0.4) is 0 Å². The molecule has 2 N–H and O–H groups in total. The zero-order valence-electron chi connectivity index (χ0n) is 8.92. The van der Waals surface area contributed by atoms with Crippen LogP contribution in [-0.2, 0) is 6.42 Å². The zero-order chi connectivity index (χ0) is 10.0. The summed E-state index contributed by atoms with van der Waals surface area (Å²) in [5, 5.41) is 0. The molecule has 0 bridgehead atoms. The first-order valence-corrected chi connectivity index (χ1v) is 5.53. The monoisotopic (exact) mass is 189 g/mol. The number of benzene rings is 1. The van der Waals surface area contributed by atoms with Crippen molar-refractivity contribution in [1.29, 1.82) is 0 Å². The molecule has 1 aliphatic rings. The van der Waals surface area contributed by atoms with E-state index in [1.807, 2.05) is 0 Å². The van der Waals surface area contributed by atoms with Gasteiger partial charge < -0.3 is 5.73 Å². The first-order chi connectivity index (χ1) is 6.70. The van der Waals surface area contributed by atoms with Crippen LogP contribution in [0.1, 0.15) is 36.8 Å². The fourth-order valence-electron chi connectivity index (χ4n) is 2.44. The lowest BCUT2D eigenvalue weighted by atomic mass is 9.88. The summed E-state index contributed by atoms with van der Waals surface area (Å²) in [7, 11) is 0. The maximum atomic E-state index is 6.36. The fourth-order valence-corrected chi connectivity index (χ4v) is 2.44. The highest BCUT2D eigenvalue weighted by atomic mass is 14.7. The molecule has 1 aromatic carbocycles. The van der Waals surface area contributed by atoms with Gasteiger partial charge in [0.2, 0.25) is 0 Å². The minimum atomic E-state index is 0.0894. The number of nitrogens with two attached hydrogens (primary N) is 1. The van der Waals surface area contributed by atoms with Crippen molar-refractivity contribution < 1.29 is 0 Å². The van der Waals surface area contributed by atoms with Gasteiger partial charge in [-0.15, -0.1) is 0 Å². The van der Waals surface area contributed by atoms with E-state index in [0.29, 0.717) is 0 Å². The molecule has 1 saturated carbocycles. The van der Waals surface area contributed by atoms with Crippen molar-refractivity contribution in [1.82, 2.24) is 0 Å². The lowest BCUT2D eigenvalue weighted by Gasteiger charge is -2.24. The van der Waals surface area contributed by atoms with E-state index >= 15 is 0 Å². The molecule has 2 rings (SSSR count). The molecule has 0 heterocycles. The number of hydrogen-bond donors (Lipinski definition) is 1. The normalized spacial score (nSPS) is 19.9. The smallest absolute Gasteiger partial charge is 0.0195 e. The highest BCUT2D eigenvalue weighted by Gasteiger charge is 2.29. The van der Waals surface area contributed by atoms with Gasteiger partial charge in [0, 0.05) is 5.54 Å². The third kappa shape index (κ3) is 1.98. The summed E-state index contributed by atoms with van der Waals surface area (Å²) in [6.45, 7) is 2.17. The van der Waals surface area contributed by atoms with E-state index in [2.05, 4.69) is 31.2 Å². The minimum absolute atomic E-state index is 0.0894. The third-order valence-electron chi connectivity index (χ3n) is 3.40. The summed E-state index contributed by atoms with van der Waals surface area (Å²) in [5.74, 6) is 0. The average molecular weight is 189 g/mol. The van der Waals surface area contributed by atoms with Gasteiger partial charge in [-0.05, 0) is 37.3 Å². The Morgan fingerprint density at radius 1 is 1.21 bits per heavy atom. The van der Waals surface area contributed by atoms with E-state index in [1.54, 1.807) is 0 Å². The van der Waals surface area contributed by atoms with Crippen molar-refractivity contribution in [2.24, 2.45) is 5.73 Å². The predicted octanol–water partition coefficient (Wildman–Crippen LogP) is 2.81. The second-order valence-electron chi connectivity index (χ2n) is 4.67. The molecule has 0 amide bonds. The minimum Gasteiger partial charge on any atom is -0.325 e. The Labute approximate surface area is 86.3 Å². The summed E-state index contributed by atoms with van der Waals surface area (Å²) < 4.78 is 0. The van der Waals surface area contributed by atoms with Crippen molar-refractivity contribution in [2.75, 3.05) is 0 Å². The molecule has 14 heavy (non-hydrogen) atoms. The van der Waals surface area contributed by atoms with Crippen LogP contribution in [0.5, 0.6) is 0 Å². The second kappa shape index (κ2) is 3.74. The van der Waals surface area contributed by atoms with Gasteiger partial charge in [0.1, 0.15) is 0 Å². The van der Waals surface area contributed by atoms with Crippen LogP contribution in [0.15, 0.2) is 24.3 Å². The molecule has 0 atom stereocenters. The van der Waals surface area contributed by atoms with Gasteiger partial charge in [-0.2, -0.15) is 0 Å². The molecule has 1 nitrogen and oxygen atoms in total. The summed E-state index contributed by atoms with van der Waals surface area (Å²) in [5.41, 5.74) is 9.26. The summed E-state index contributed by atoms with van der Waals surface area (Å²) in [4.78, 5) is 0. The Bertz CT molecular complexity index is 311. The number of hydrogen-bond acceptors (Lipinski definition) is 1. The van der Waals surface area contributed by atoms with Gasteiger partial charge in [0.15, 0.2) is 0 Å². The van der Waals surface area contributed by atoms with E-state index in [0.717, 1.165) is 6.42 Å². The summed E-state index contributed by atoms with van der Waals surface area (Å²) in [6, 6.07) is 8.59. The first kappa shape index (κ1) is 9.72. The molecule has 76 valence electrons. The molecule has 1 fully saturated rings. The Hall–Kier alpha value is -0.820. The van der Waals surface area contributed by atoms with Crippen LogP contribution in [0.4, 0.5) is 0 Å². The molecule has 1 aliphatic carbocycles. The molecule has 1 heteroatoms. The largest absolute Gasteiger partial charge is 0.325 e. The molecular formula is C13H19N. The summed E-state index contributed by atoms with van der Waals surface area (Å²) in [6.07, 6.45) is 6.06. The second-order valence-corrected chi connectivity index (χ2v) is 4.67. The maximum absolute atomic E-state index is 6.36. The van der Waals surface area contributed by atoms with E-state index in [4.69, 9.17) is 5.73 Å². The maximum Gasteiger partial charge on any atom is 0.0195 e. The highest BCUT2D eigenvalue weighted by molar-refractivity contribution is 5.27. The topological polar surface area (TPSA) is 26.0 Å². The van der Waals surface area contributed by atoms with Crippen LogP contribution in [-0.4, -0.2) is 5.54 Å². The van der Waals surface area contributed by atoms with E-state index in [1.165, 1.54) is 36.8 Å². The van der Waals surface area contributed by atoms with Crippen LogP contribution >= 0.6 is 0 Å².